The molecule has 3 heteroatoms. The number of hydrogen-bond acceptors (Lipinski definition) is 3. The Balaban J connectivity index is 2.36. The molecule has 1 N–H and O–H groups in total. The first-order valence-electron chi connectivity index (χ1n) is 6.91. The van der Waals surface area contributed by atoms with E-state index in [4.69, 9.17) is 4.74 Å². The minimum absolute atomic E-state index is 0.252. The predicted molar refractivity (Wildman–Crippen MR) is 80.4 cm³/mol. The topological polar surface area (TPSA) is 46.5 Å². The lowest BCUT2D eigenvalue weighted by atomic mass is 10.0. The number of carbonyl (C=O) groups is 1. The molecule has 1 rings (SSSR count). The van der Waals surface area contributed by atoms with Crippen molar-refractivity contribution in [1.82, 2.24) is 0 Å². The average Bonchev–Trinajstić information content (AvgIpc) is 2.35. The van der Waals surface area contributed by atoms with Crippen LogP contribution < -0.4 is 0 Å². The molecule has 110 valence electrons. The first-order chi connectivity index (χ1) is 9.28. The van der Waals surface area contributed by atoms with Crippen LogP contribution in [0.5, 0.6) is 0 Å². The number of hydrogen-bond donors (Lipinski definition) is 1. The van der Waals surface area contributed by atoms with Gasteiger partial charge < -0.3 is 9.84 Å². The molecule has 1 aromatic rings. The summed E-state index contributed by atoms with van der Waals surface area (Å²) in [5, 5.41) is 9.96. The van der Waals surface area contributed by atoms with E-state index in [0.717, 1.165) is 6.42 Å². The summed E-state index contributed by atoms with van der Waals surface area (Å²) in [6.07, 6.45) is 1.06. The lowest BCUT2D eigenvalue weighted by Gasteiger charge is -2.21. The van der Waals surface area contributed by atoms with Crippen molar-refractivity contribution in [3.63, 3.8) is 0 Å². The number of benzene rings is 1. The van der Waals surface area contributed by atoms with Crippen molar-refractivity contribution in [3.8, 4) is 0 Å². The zero-order valence-corrected chi connectivity index (χ0v) is 12.6. The molecule has 0 aromatic heterocycles. The second-order valence-corrected chi connectivity index (χ2v) is 5.99. The van der Waals surface area contributed by atoms with Crippen molar-refractivity contribution < 1.29 is 14.6 Å². The van der Waals surface area contributed by atoms with Crippen LogP contribution in [0.2, 0.25) is 0 Å². The summed E-state index contributed by atoms with van der Waals surface area (Å²) in [6, 6.07) is 9.96. The zero-order chi connectivity index (χ0) is 15.2. The minimum atomic E-state index is -0.574. The first kappa shape index (κ1) is 16.4. The van der Waals surface area contributed by atoms with Gasteiger partial charge in [-0.3, -0.25) is 0 Å². The molecule has 1 unspecified atom stereocenters. The van der Waals surface area contributed by atoms with Crippen LogP contribution in [0.15, 0.2) is 42.5 Å². The van der Waals surface area contributed by atoms with Crippen molar-refractivity contribution in [2.75, 3.05) is 0 Å². The Kier molecular flexibility index (Phi) is 5.96. The van der Waals surface area contributed by atoms with Crippen LogP contribution >= 0.6 is 0 Å². The molecular formula is C17H24O3. The summed E-state index contributed by atoms with van der Waals surface area (Å²) in [7, 11) is 0. The summed E-state index contributed by atoms with van der Waals surface area (Å²) < 4.78 is 5.21. The van der Waals surface area contributed by atoms with E-state index in [1.54, 1.807) is 0 Å². The molecule has 0 saturated heterocycles. The normalized spacial score (nSPS) is 12.8. The van der Waals surface area contributed by atoms with E-state index in [1.807, 2.05) is 51.1 Å². The summed E-state index contributed by atoms with van der Waals surface area (Å²) >= 11 is 0. The summed E-state index contributed by atoms with van der Waals surface area (Å²) in [4.78, 5) is 11.7. The predicted octanol–water partition coefficient (Wildman–Crippen LogP) is 3.27. The van der Waals surface area contributed by atoms with Crippen molar-refractivity contribution >= 4 is 5.97 Å². The van der Waals surface area contributed by atoms with Crippen LogP contribution in [0.4, 0.5) is 0 Å². The van der Waals surface area contributed by atoms with Crippen molar-refractivity contribution in [1.29, 1.82) is 0 Å². The molecule has 0 spiro atoms. The van der Waals surface area contributed by atoms with E-state index in [2.05, 4.69) is 6.58 Å². The molecule has 0 radical (unpaired) electrons. The Morgan fingerprint density at radius 2 is 1.90 bits per heavy atom. The monoisotopic (exact) mass is 276 g/mol. The number of carbonyl (C=O) groups excluding carboxylic acids is 1. The molecule has 0 saturated carbocycles. The van der Waals surface area contributed by atoms with E-state index in [1.165, 1.54) is 5.56 Å². The molecule has 1 atom stereocenters. The maximum absolute atomic E-state index is 11.7. The van der Waals surface area contributed by atoms with Gasteiger partial charge in [-0.1, -0.05) is 36.9 Å². The first-order valence-corrected chi connectivity index (χ1v) is 6.91. The third-order valence-corrected chi connectivity index (χ3v) is 2.78. The quantitative estimate of drug-likeness (QED) is 0.640. The Morgan fingerprint density at radius 1 is 1.30 bits per heavy atom. The molecule has 3 nitrogen and oxygen atoms in total. The highest BCUT2D eigenvalue weighted by Crippen LogP contribution is 2.15. The van der Waals surface area contributed by atoms with Gasteiger partial charge in [-0.2, -0.15) is 0 Å². The third-order valence-electron chi connectivity index (χ3n) is 2.78. The molecule has 20 heavy (non-hydrogen) atoms. The van der Waals surface area contributed by atoms with Crippen molar-refractivity contribution in [2.45, 2.75) is 51.7 Å². The smallest absolute Gasteiger partial charge is 0.334 e. The molecule has 0 aliphatic rings. The number of esters is 1. The zero-order valence-electron chi connectivity index (χ0n) is 12.6. The number of rotatable bonds is 6. The van der Waals surface area contributed by atoms with Gasteiger partial charge in [0.1, 0.15) is 5.60 Å². The van der Waals surface area contributed by atoms with Crippen LogP contribution in [0.1, 0.15) is 39.2 Å². The highest BCUT2D eigenvalue weighted by Gasteiger charge is 2.20. The molecule has 0 fully saturated rings. The molecule has 1 aromatic carbocycles. The fraction of sp³-hybridized carbons (Fsp3) is 0.471. The maximum Gasteiger partial charge on any atom is 0.334 e. The van der Waals surface area contributed by atoms with Gasteiger partial charge in [0.2, 0.25) is 0 Å². The lowest BCUT2D eigenvalue weighted by Crippen LogP contribution is -2.25. The third kappa shape index (κ3) is 6.53. The Hall–Kier alpha value is -1.61. The summed E-state index contributed by atoms with van der Waals surface area (Å²) in [5.74, 6) is -0.434. The van der Waals surface area contributed by atoms with E-state index < -0.39 is 17.7 Å². The average molecular weight is 276 g/mol. The van der Waals surface area contributed by atoms with E-state index in [0.29, 0.717) is 12.0 Å². The van der Waals surface area contributed by atoms with Crippen LogP contribution in [0, 0.1) is 0 Å². The Labute approximate surface area is 121 Å². The molecule has 0 heterocycles. The SMILES string of the molecule is C=C(CC(O)CCc1ccccc1)C(=O)OC(C)(C)C. The fourth-order valence-corrected chi connectivity index (χ4v) is 1.80. The molecular weight excluding hydrogens is 252 g/mol. The van der Waals surface area contributed by atoms with E-state index in [-0.39, 0.29) is 6.42 Å². The summed E-state index contributed by atoms with van der Waals surface area (Å²) in [5.41, 5.74) is 0.963. The van der Waals surface area contributed by atoms with Gasteiger partial charge in [-0.25, -0.2) is 4.79 Å². The minimum Gasteiger partial charge on any atom is -0.457 e. The van der Waals surface area contributed by atoms with Gasteiger partial charge in [-0.05, 0) is 39.2 Å². The van der Waals surface area contributed by atoms with E-state index in [9.17, 15) is 9.90 Å². The van der Waals surface area contributed by atoms with Crippen LogP contribution in [0.3, 0.4) is 0 Å². The van der Waals surface area contributed by atoms with Gasteiger partial charge in [0.25, 0.3) is 0 Å². The molecule has 0 bridgehead atoms. The highest BCUT2D eigenvalue weighted by atomic mass is 16.6. The van der Waals surface area contributed by atoms with E-state index >= 15 is 0 Å². The largest absolute Gasteiger partial charge is 0.457 e. The van der Waals surface area contributed by atoms with Gasteiger partial charge >= 0.3 is 5.97 Å². The van der Waals surface area contributed by atoms with Crippen molar-refractivity contribution in [2.24, 2.45) is 0 Å². The second-order valence-electron chi connectivity index (χ2n) is 5.99. The molecule has 0 aliphatic heterocycles. The van der Waals surface area contributed by atoms with Crippen molar-refractivity contribution in [3.05, 3.63) is 48.0 Å². The Morgan fingerprint density at radius 3 is 2.45 bits per heavy atom. The van der Waals surface area contributed by atoms with Gasteiger partial charge in [0.15, 0.2) is 0 Å². The standard InChI is InChI=1S/C17H24O3/c1-13(16(19)20-17(2,3)4)12-15(18)11-10-14-8-6-5-7-9-14/h5-9,15,18H,1,10-12H2,2-4H3. The van der Waals surface area contributed by atoms with Crippen LogP contribution in [0.25, 0.3) is 0 Å². The van der Waals surface area contributed by atoms with Crippen LogP contribution in [-0.4, -0.2) is 22.8 Å². The number of ether oxygens (including phenoxy) is 1. The highest BCUT2D eigenvalue weighted by molar-refractivity contribution is 5.88. The summed E-state index contributed by atoms with van der Waals surface area (Å²) in [6.45, 7) is 9.13. The molecule has 0 amide bonds. The van der Waals surface area contributed by atoms with Gasteiger partial charge in [0, 0.05) is 12.0 Å². The number of aryl methyl sites for hydroxylation is 1. The second kappa shape index (κ2) is 7.25. The number of aliphatic hydroxyl groups is 1. The Bertz CT molecular complexity index is 443. The fourth-order valence-electron chi connectivity index (χ4n) is 1.80. The van der Waals surface area contributed by atoms with Crippen LogP contribution in [-0.2, 0) is 16.0 Å². The van der Waals surface area contributed by atoms with Gasteiger partial charge in [-0.15, -0.1) is 0 Å². The number of aliphatic hydroxyl groups excluding tert-OH is 1. The molecule has 0 aliphatic carbocycles. The lowest BCUT2D eigenvalue weighted by molar-refractivity contribution is -0.150. The van der Waals surface area contributed by atoms with Gasteiger partial charge in [0.05, 0.1) is 6.10 Å². The maximum atomic E-state index is 11.7.